The average Bonchev–Trinajstić information content (AvgIpc) is 3.60. The molecule has 2 aliphatic rings. The number of carbonyl (C=O) groups excluding carboxylic acids is 1. The molecule has 1 aromatic heterocycles. The summed E-state index contributed by atoms with van der Waals surface area (Å²) in [6, 6.07) is 12.6. The molecule has 0 bridgehead atoms. The molecule has 5 rings (SSSR count). The van der Waals surface area contributed by atoms with Crippen LogP contribution in [0.2, 0.25) is 0 Å². The third kappa shape index (κ3) is 4.09. The van der Waals surface area contributed by atoms with Gasteiger partial charge < -0.3 is 15.5 Å². The van der Waals surface area contributed by atoms with Crippen molar-refractivity contribution in [3.8, 4) is 0 Å². The van der Waals surface area contributed by atoms with E-state index in [-0.39, 0.29) is 11.9 Å². The van der Waals surface area contributed by atoms with Gasteiger partial charge in [0, 0.05) is 45.5 Å². The van der Waals surface area contributed by atoms with E-state index in [1.165, 1.54) is 5.56 Å². The number of tetrazole rings is 1. The molecule has 0 saturated heterocycles. The van der Waals surface area contributed by atoms with E-state index in [1.807, 2.05) is 31.1 Å². The van der Waals surface area contributed by atoms with Crippen LogP contribution in [-0.4, -0.2) is 70.6 Å². The van der Waals surface area contributed by atoms with Crippen LogP contribution in [0.25, 0.3) is 5.70 Å². The Morgan fingerprint density at radius 3 is 2.19 bits per heavy atom. The molecule has 2 atom stereocenters. The van der Waals surface area contributed by atoms with Gasteiger partial charge in [0.15, 0.2) is 5.82 Å². The van der Waals surface area contributed by atoms with Crippen LogP contribution in [0, 0.1) is 5.92 Å². The molecule has 3 N–H and O–H groups in total. The summed E-state index contributed by atoms with van der Waals surface area (Å²) in [7, 11) is 7.57. The van der Waals surface area contributed by atoms with Crippen molar-refractivity contribution >= 4 is 11.6 Å². The molecule has 1 heterocycles. The number of rotatable bonds is 7. The summed E-state index contributed by atoms with van der Waals surface area (Å²) in [6.45, 7) is 4.27. The number of aryl methyl sites for hydroxylation is 2. The summed E-state index contributed by atoms with van der Waals surface area (Å²) >= 11 is 0. The van der Waals surface area contributed by atoms with Crippen LogP contribution >= 0.6 is 0 Å². The number of carbonyl (C=O) groups is 1. The van der Waals surface area contributed by atoms with Crippen LogP contribution in [0.5, 0.6) is 0 Å². The van der Waals surface area contributed by atoms with Crippen molar-refractivity contribution in [3.63, 3.8) is 0 Å². The lowest BCUT2D eigenvalue weighted by atomic mass is 9.67. The van der Waals surface area contributed by atoms with Gasteiger partial charge in [-0.25, -0.2) is 0 Å². The zero-order chi connectivity index (χ0) is 25.6. The Labute approximate surface area is 212 Å². The normalized spacial score (nSPS) is 19.6. The fourth-order valence-corrected chi connectivity index (χ4v) is 5.62. The minimum absolute atomic E-state index is 0.00167. The summed E-state index contributed by atoms with van der Waals surface area (Å²) in [5.41, 5.74) is 13.5. The summed E-state index contributed by atoms with van der Waals surface area (Å²) in [5, 5.41) is 15.8. The summed E-state index contributed by atoms with van der Waals surface area (Å²) in [4.78, 5) is 16.5. The number of benzene rings is 2. The van der Waals surface area contributed by atoms with E-state index in [1.54, 1.807) is 19.0 Å². The molecule has 188 valence electrons. The Hall–Kier alpha value is -3.52. The molecule has 36 heavy (non-hydrogen) atoms. The first-order valence-corrected chi connectivity index (χ1v) is 12.6. The molecular formula is C28H35N7O. The first-order chi connectivity index (χ1) is 17.2. The zero-order valence-electron chi connectivity index (χ0n) is 21.6. The fraction of sp³-hybridized carbons (Fsp3) is 0.429. The number of aromatic nitrogens is 4. The smallest absolute Gasteiger partial charge is 0.253 e. The highest BCUT2D eigenvalue weighted by atomic mass is 16.2. The molecule has 1 amide bonds. The number of hydrogen-bond acceptors (Lipinski definition) is 6. The van der Waals surface area contributed by atoms with E-state index in [2.05, 4.69) is 51.5 Å². The third-order valence-electron chi connectivity index (χ3n) is 7.82. The number of fused-ring (bicyclic) bond motifs is 2. The number of nitrogens with zero attached hydrogens (tertiary/aromatic N) is 5. The van der Waals surface area contributed by atoms with Crippen LogP contribution in [-0.2, 0) is 18.3 Å². The number of hydrogen-bond donors (Lipinski definition) is 2. The van der Waals surface area contributed by atoms with Crippen LogP contribution in [0.4, 0.5) is 0 Å². The van der Waals surface area contributed by atoms with E-state index in [9.17, 15) is 4.79 Å². The van der Waals surface area contributed by atoms with Crippen molar-refractivity contribution < 1.29 is 4.79 Å². The van der Waals surface area contributed by atoms with E-state index in [0.717, 1.165) is 53.6 Å². The number of H-pyrrole nitrogens is 1. The second kappa shape index (κ2) is 9.17. The monoisotopic (exact) mass is 485 g/mol. The first kappa shape index (κ1) is 24.2. The lowest BCUT2D eigenvalue weighted by Gasteiger charge is -2.36. The van der Waals surface area contributed by atoms with Crippen molar-refractivity contribution in [2.45, 2.75) is 43.6 Å². The third-order valence-corrected chi connectivity index (χ3v) is 7.82. The summed E-state index contributed by atoms with van der Waals surface area (Å²) < 4.78 is 0. The van der Waals surface area contributed by atoms with Gasteiger partial charge in [0.1, 0.15) is 0 Å². The molecule has 0 radical (unpaired) electrons. The van der Waals surface area contributed by atoms with Gasteiger partial charge in [-0.2, -0.15) is 5.21 Å². The van der Waals surface area contributed by atoms with Gasteiger partial charge in [0.25, 0.3) is 5.91 Å². The predicted octanol–water partition coefficient (Wildman–Crippen LogP) is 2.99. The van der Waals surface area contributed by atoms with E-state index < -0.39 is 5.41 Å². The van der Waals surface area contributed by atoms with Crippen LogP contribution in [0.1, 0.15) is 63.3 Å². The Balaban J connectivity index is 1.76. The molecule has 8 nitrogen and oxygen atoms in total. The molecule has 3 aromatic rings. The van der Waals surface area contributed by atoms with Gasteiger partial charge in [-0.3, -0.25) is 4.79 Å². The molecular weight excluding hydrogens is 450 g/mol. The number of nitrogens with two attached hydrogens (primary N) is 1. The second-order valence-corrected chi connectivity index (χ2v) is 10.6. The fourth-order valence-electron chi connectivity index (χ4n) is 5.62. The number of aromatic amines is 1. The predicted molar refractivity (Wildman–Crippen MR) is 140 cm³/mol. The van der Waals surface area contributed by atoms with Gasteiger partial charge in [-0.05, 0) is 84.0 Å². The summed E-state index contributed by atoms with van der Waals surface area (Å²) in [5.74, 6) is 1.11. The maximum atomic E-state index is 12.8. The zero-order valence-corrected chi connectivity index (χ0v) is 21.6. The SMILES string of the molecule is C=C(c1ccc2c(c1)CCc1cc(C(=O)N(C)C)ccc1C2(C[C@@H](N)C1CC1)c1nn[nH]n1)N(C)C. The lowest BCUT2D eigenvalue weighted by Crippen LogP contribution is -2.40. The van der Waals surface area contributed by atoms with Gasteiger partial charge in [-0.15, -0.1) is 10.2 Å². The standard InChI is InChI=1S/C28H35N7O/c1-17(34(2)3)19-10-12-23-20(14-19)8-9-21-15-22(26(36)35(4)5)11-13-24(21)28(23,27-30-32-33-31-27)16-25(29)18-6-7-18/h10-15,18,25H,1,6-9,16,29H2,2-5H3,(H,30,31,32,33)/t25-,28?/m1/s1. The van der Waals surface area contributed by atoms with Gasteiger partial charge in [-0.1, -0.05) is 30.0 Å². The Morgan fingerprint density at radius 2 is 1.67 bits per heavy atom. The molecule has 1 saturated carbocycles. The highest BCUT2D eigenvalue weighted by Crippen LogP contribution is 2.49. The molecule has 1 unspecified atom stereocenters. The highest BCUT2D eigenvalue weighted by molar-refractivity contribution is 5.94. The van der Waals surface area contributed by atoms with Crippen molar-refractivity contribution in [3.05, 3.63) is 82.2 Å². The largest absolute Gasteiger partial charge is 0.378 e. The second-order valence-electron chi connectivity index (χ2n) is 10.6. The number of nitrogens with one attached hydrogen (secondary N) is 1. The van der Waals surface area contributed by atoms with Crippen molar-refractivity contribution in [2.24, 2.45) is 11.7 Å². The Morgan fingerprint density at radius 1 is 1.06 bits per heavy atom. The van der Waals surface area contributed by atoms with Crippen LogP contribution in [0.15, 0.2) is 43.0 Å². The Kier molecular flexibility index (Phi) is 6.16. The maximum Gasteiger partial charge on any atom is 0.253 e. The molecule has 0 aliphatic heterocycles. The molecule has 2 aromatic carbocycles. The quantitative estimate of drug-likeness (QED) is 0.533. The molecule has 0 spiro atoms. The maximum absolute atomic E-state index is 12.8. The highest BCUT2D eigenvalue weighted by Gasteiger charge is 2.47. The van der Waals surface area contributed by atoms with Crippen molar-refractivity contribution in [1.29, 1.82) is 0 Å². The van der Waals surface area contributed by atoms with Crippen LogP contribution in [0.3, 0.4) is 0 Å². The minimum atomic E-state index is -0.673. The van der Waals surface area contributed by atoms with Crippen molar-refractivity contribution in [1.82, 2.24) is 30.4 Å². The van der Waals surface area contributed by atoms with Gasteiger partial charge in [0.05, 0.1) is 5.41 Å². The van der Waals surface area contributed by atoms with Crippen LogP contribution < -0.4 is 5.73 Å². The van der Waals surface area contributed by atoms with E-state index in [0.29, 0.717) is 23.7 Å². The number of amides is 1. The average molecular weight is 486 g/mol. The van der Waals surface area contributed by atoms with Crippen molar-refractivity contribution in [2.75, 3.05) is 28.2 Å². The minimum Gasteiger partial charge on any atom is -0.378 e. The van der Waals surface area contributed by atoms with Gasteiger partial charge >= 0.3 is 0 Å². The topological polar surface area (TPSA) is 104 Å². The Bertz CT molecular complexity index is 1220. The van der Waals surface area contributed by atoms with Gasteiger partial charge in [0.2, 0.25) is 0 Å². The van der Waals surface area contributed by atoms with E-state index in [4.69, 9.17) is 5.73 Å². The molecule has 8 heteroatoms. The summed E-state index contributed by atoms with van der Waals surface area (Å²) in [6.07, 6.45) is 4.61. The molecule has 2 aliphatic carbocycles. The van der Waals surface area contributed by atoms with E-state index >= 15 is 0 Å². The lowest BCUT2D eigenvalue weighted by molar-refractivity contribution is 0.0827. The molecule has 1 fully saturated rings. The first-order valence-electron chi connectivity index (χ1n) is 12.6.